The molecular formula is C14H10BrN5. The Morgan fingerprint density at radius 1 is 1.35 bits per heavy atom. The molecule has 2 aromatic heterocycles. The summed E-state index contributed by atoms with van der Waals surface area (Å²) in [5, 5.41) is 9.25. The molecule has 5 nitrogen and oxygen atoms in total. The number of nitrogen functional groups attached to an aromatic ring is 1. The van der Waals surface area contributed by atoms with Crippen LogP contribution in [0.25, 0.3) is 16.9 Å². The Kier molecular flexibility index (Phi) is 2.92. The number of nitrogens with zero attached hydrogens (tertiary/aromatic N) is 4. The van der Waals surface area contributed by atoms with E-state index in [2.05, 4.69) is 32.0 Å². The molecule has 0 aliphatic rings. The van der Waals surface area contributed by atoms with Crippen molar-refractivity contribution >= 4 is 33.0 Å². The van der Waals surface area contributed by atoms with Gasteiger partial charge in [0.1, 0.15) is 11.6 Å². The summed E-state index contributed by atoms with van der Waals surface area (Å²) in [6.45, 7) is 1.95. The molecule has 0 aliphatic carbocycles. The number of fused-ring (bicyclic) bond motifs is 1. The zero-order valence-corrected chi connectivity index (χ0v) is 12.2. The molecule has 0 bridgehead atoms. The fourth-order valence-electron chi connectivity index (χ4n) is 2.10. The number of pyridine rings is 1. The third kappa shape index (κ3) is 1.92. The number of hydrogen-bond acceptors (Lipinski definition) is 4. The molecule has 0 saturated heterocycles. The summed E-state index contributed by atoms with van der Waals surface area (Å²) in [6.07, 6.45) is 1.75. The van der Waals surface area contributed by atoms with Crippen molar-refractivity contribution in [1.82, 2.24) is 14.5 Å². The van der Waals surface area contributed by atoms with Crippen LogP contribution in [-0.4, -0.2) is 14.5 Å². The Labute approximate surface area is 123 Å². The third-order valence-corrected chi connectivity index (χ3v) is 3.47. The van der Waals surface area contributed by atoms with Gasteiger partial charge in [0.05, 0.1) is 11.3 Å². The van der Waals surface area contributed by atoms with E-state index in [0.717, 1.165) is 10.0 Å². The lowest BCUT2D eigenvalue weighted by Gasteiger charge is -2.08. The molecule has 2 heterocycles. The molecule has 0 fully saturated rings. The number of nitriles is 1. The molecule has 20 heavy (non-hydrogen) atoms. The first-order chi connectivity index (χ1) is 9.60. The molecule has 98 valence electrons. The summed E-state index contributed by atoms with van der Waals surface area (Å²) in [5.74, 6) is 0.313. The number of benzene rings is 1. The van der Waals surface area contributed by atoms with E-state index in [1.165, 1.54) is 0 Å². The van der Waals surface area contributed by atoms with Crippen molar-refractivity contribution in [2.75, 3.05) is 5.73 Å². The Balaban J connectivity index is 2.38. The Bertz CT molecular complexity index is 860. The molecule has 2 N–H and O–H groups in total. The van der Waals surface area contributed by atoms with Crippen molar-refractivity contribution in [1.29, 1.82) is 5.26 Å². The van der Waals surface area contributed by atoms with Gasteiger partial charge in [0.2, 0.25) is 5.95 Å². The molecule has 1 aromatic carbocycles. The maximum Gasteiger partial charge on any atom is 0.207 e. The van der Waals surface area contributed by atoms with Crippen molar-refractivity contribution in [2.45, 2.75) is 6.92 Å². The summed E-state index contributed by atoms with van der Waals surface area (Å²) < 4.78 is 2.55. The molecule has 3 rings (SSSR count). The second-order valence-electron chi connectivity index (χ2n) is 4.43. The number of anilines is 1. The molecule has 0 spiro atoms. The minimum Gasteiger partial charge on any atom is -0.369 e. The van der Waals surface area contributed by atoms with Crippen LogP contribution < -0.4 is 5.73 Å². The average Bonchev–Trinajstić information content (AvgIpc) is 2.73. The van der Waals surface area contributed by atoms with Crippen LogP contribution in [-0.2, 0) is 0 Å². The van der Waals surface area contributed by atoms with Crippen LogP contribution in [0.3, 0.4) is 0 Å². The van der Waals surface area contributed by atoms with E-state index in [0.29, 0.717) is 28.4 Å². The van der Waals surface area contributed by atoms with Crippen molar-refractivity contribution in [2.24, 2.45) is 0 Å². The first-order valence-corrected chi connectivity index (χ1v) is 6.70. The van der Waals surface area contributed by atoms with Gasteiger partial charge in [-0.25, -0.2) is 9.97 Å². The summed E-state index contributed by atoms with van der Waals surface area (Å²) in [4.78, 5) is 8.69. The molecule has 0 aliphatic heterocycles. The SMILES string of the molecule is Cc1cnc2c(c1)nc(N)n2-c1cc(Br)ccc1C#N. The molecule has 6 heteroatoms. The van der Waals surface area contributed by atoms with E-state index in [1.54, 1.807) is 16.8 Å². The van der Waals surface area contributed by atoms with Gasteiger partial charge < -0.3 is 5.73 Å². The van der Waals surface area contributed by atoms with Gasteiger partial charge in [-0.2, -0.15) is 5.26 Å². The first-order valence-electron chi connectivity index (χ1n) is 5.91. The van der Waals surface area contributed by atoms with Crippen LogP contribution >= 0.6 is 15.9 Å². The van der Waals surface area contributed by atoms with E-state index >= 15 is 0 Å². The van der Waals surface area contributed by atoms with Crippen LogP contribution in [0, 0.1) is 18.3 Å². The van der Waals surface area contributed by atoms with Gasteiger partial charge in [0.25, 0.3) is 0 Å². The maximum atomic E-state index is 9.25. The van der Waals surface area contributed by atoms with Gasteiger partial charge in [0, 0.05) is 10.7 Å². The predicted octanol–water partition coefficient (Wildman–Crippen LogP) is 2.95. The van der Waals surface area contributed by atoms with E-state index < -0.39 is 0 Å². The molecular weight excluding hydrogens is 318 g/mol. The Morgan fingerprint density at radius 3 is 2.90 bits per heavy atom. The van der Waals surface area contributed by atoms with E-state index in [9.17, 15) is 5.26 Å². The van der Waals surface area contributed by atoms with Gasteiger partial charge in [0.15, 0.2) is 5.65 Å². The fraction of sp³-hybridized carbons (Fsp3) is 0.0714. The molecule has 0 unspecified atom stereocenters. The standard InChI is InChI=1S/C14H10BrN5/c1-8-4-11-13(18-7-8)20(14(17)19-11)12-5-10(15)3-2-9(12)6-16/h2-5,7H,1H3,(H2,17,19). The van der Waals surface area contributed by atoms with E-state index in [4.69, 9.17) is 5.73 Å². The molecule has 3 aromatic rings. The predicted molar refractivity (Wildman–Crippen MR) is 80.4 cm³/mol. The van der Waals surface area contributed by atoms with Crippen molar-refractivity contribution < 1.29 is 0 Å². The van der Waals surface area contributed by atoms with Gasteiger partial charge in [-0.1, -0.05) is 15.9 Å². The second-order valence-corrected chi connectivity index (χ2v) is 5.35. The number of aryl methyl sites for hydroxylation is 1. The van der Waals surface area contributed by atoms with Gasteiger partial charge in [-0.3, -0.25) is 4.57 Å². The summed E-state index contributed by atoms with van der Waals surface area (Å²) in [5.41, 5.74) is 9.54. The molecule has 0 atom stereocenters. The lowest BCUT2D eigenvalue weighted by atomic mass is 10.2. The number of aromatic nitrogens is 3. The van der Waals surface area contributed by atoms with Crippen LogP contribution in [0.15, 0.2) is 34.9 Å². The lowest BCUT2D eigenvalue weighted by Crippen LogP contribution is -2.03. The maximum absolute atomic E-state index is 9.25. The number of rotatable bonds is 1. The van der Waals surface area contributed by atoms with Gasteiger partial charge in [-0.05, 0) is 36.8 Å². The minimum atomic E-state index is 0.313. The molecule has 0 radical (unpaired) electrons. The highest BCUT2D eigenvalue weighted by atomic mass is 79.9. The normalized spacial score (nSPS) is 10.7. The largest absolute Gasteiger partial charge is 0.369 e. The topological polar surface area (TPSA) is 80.5 Å². The van der Waals surface area contributed by atoms with Gasteiger partial charge in [-0.15, -0.1) is 0 Å². The Hall–Kier alpha value is -2.39. The van der Waals surface area contributed by atoms with Crippen LogP contribution in [0.4, 0.5) is 5.95 Å². The number of imidazole rings is 1. The number of halogens is 1. The van der Waals surface area contributed by atoms with Crippen molar-refractivity contribution in [3.63, 3.8) is 0 Å². The monoisotopic (exact) mass is 327 g/mol. The highest BCUT2D eigenvalue weighted by Crippen LogP contribution is 2.26. The Morgan fingerprint density at radius 2 is 2.15 bits per heavy atom. The highest BCUT2D eigenvalue weighted by Gasteiger charge is 2.14. The van der Waals surface area contributed by atoms with Crippen LogP contribution in [0.2, 0.25) is 0 Å². The fourth-order valence-corrected chi connectivity index (χ4v) is 2.45. The first kappa shape index (κ1) is 12.6. The molecule has 0 saturated carbocycles. The van der Waals surface area contributed by atoms with E-state index in [-0.39, 0.29) is 0 Å². The molecule has 0 amide bonds. The number of nitrogens with two attached hydrogens (primary N) is 1. The van der Waals surface area contributed by atoms with Crippen LogP contribution in [0.1, 0.15) is 11.1 Å². The number of hydrogen-bond donors (Lipinski definition) is 1. The highest BCUT2D eigenvalue weighted by molar-refractivity contribution is 9.10. The quantitative estimate of drug-likeness (QED) is 0.745. The van der Waals surface area contributed by atoms with Crippen molar-refractivity contribution in [3.05, 3.63) is 46.1 Å². The lowest BCUT2D eigenvalue weighted by molar-refractivity contribution is 1.07. The van der Waals surface area contributed by atoms with Crippen molar-refractivity contribution in [3.8, 4) is 11.8 Å². The zero-order valence-electron chi connectivity index (χ0n) is 10.6. The second kappa shape index (κ2) is 4.62. The third-order valence-electron chi connectivity index (χ3n) is 2.98. The zero-order chi connectivity index (χ0) is 14.3. The smallest absolute Gasteiger partial charge is 0.207 e. The minimum absolute atomic E-state index is 0.313. The van der Waals surface area contributed by atoms with E-state index in [1.807, 2.05) is 25.1 Å². The summed E-state index contributed by atoms with van der Waals surface area (Å²) >= 11 is 3.41. The average molecular weight is 328 g/mol. The van der Waals surface area contributed by atoms with Crippen LogP contribution in [0.5, 0.6) is 0 Å². The van der Waals surface area contributed by atoms with Gasteiger partial charge >= 0.3 is 0 Å². The summed E-state index contributed by atoms with van der Waals surface area (Å²) in [6, 6.07) is 9.46. The summed E-state index contributed by atoms with van der Waals surface area (Å²) in [7, 11) is 0.